The summed E-state index contributed by atoms with van der Waals surface area (Å²) in [4.78, 5) is 20.5. The van der Waals surface area contributed by atoms with Crippen molar-refractivity contribution in [2.75, 3.05) is 6.61 Å². The molecule has 3 heterocycles. The van der Waals surface area contributed by atoms with Crippen LogP contribution >= 0.6 is 0 Å². The van der Waals surface area contributed by atoms with Crippen molar-refractivity contribution in [1.82, 2.24) is 14.3 Å². The minimum Gasteiger partial charge on any atom is -0.507 e. The lowest BCUT2D eigenvalue weighted by molar-refractivity contribution is -0.0478. The van der Waals surface area contributed by atoms with Gasteiger partial charge in [-0.15, -0.1) is 0 Å². The molecular formula is C18H21N5O8S. The lowest BCUT2D eigenvalue weighted by Gasteiger charge is -2.19. The van der Waals surface area contributed by atoms with Crippen LogP contribution in [0.5, 0.6) is 5.75 Å². The van der Waals surface area contributed by atoms with E-state index in [0.717, 1.165) is 0 Å². The number of nitrogens with two attached hydrogens (primary N) is 1. The summed E-state index contributed by atoms with van der Waals surface area (Å²) < 4.78 is 37.6. The number of hydrogen-bond acceptors (Lipinski definition) is 11. The normalized spacial score (nSPS) is 27.3. The van der Waals surface area contributed by atoms with Gasteiger partial charge in [0.15, 0.2) is 12.0 Å². The fraction of sp³-hybridized carbons (Fsp3) is 0.389. The van der Waals surface area contributed by atoms with Gasteiger partial charge in [0.1, 0.15) is 29.8 Å². The predicted molar refractivity (Wildman–Crippen MR) is 108 cm³/mol. The first-order valence-electron chi connectivity index (χ1n) is 9.54. The van der Waals surface area contributed by atoms with Gasteiger partial charge in [-0.1, -0.05) is 12.1 Å². The Morgan fingerprint density at radius 1 is 1.31 bits per heavy atom. The van der Waals surface area contributed by atoms with Crippen molar-refractivity contribution in [3.8, 4) is 5.75 Å². The minimum absolute atomic E-state index is 0.268. The number of aromatic nitrogens is 2. The molecule has 13 nitrogen and oxygen atoms in total. The number of phenols is 1. The van der Waals surface area contributed by atoms with E-state index >= 15 is 0 Å². The number of aliphatic hydroxyl groups is 2. The van der Waals surface area contributed by atoms with Gasteiger partial charge in [0, 0.05) is 12.6 Å². The largest absolute Gasteiger partial charge is 0.507 e. The van der Waals surface area contributed by atoms with E-state index in [9.17, 15) is 28.5 Å². The maximum atomic E-state index is 12.1. The average molecular weight is 481 g/mol. The van der Waals surface area contributed by atoms with Gasteiger partial charge in [-0.3, -0.25) is 13.5 Å². The summed E-state index contributed by atoms with van der Waals surface area (Å²) in [5.74, 6) is -1.15. The van der Waals surface area contributed by atoms with Crippen LogP contribution in [0.3, 0.4) is 0 Å². The Morgan fingerprint density at radius 2 is 2.06 bits per heavy atom. The number of hydrogen-bond donors (Lipinski definition) is 5. The third-order valence-electron chi connectivity index (χ3n) is 5.08. The molecule has 2 aliphatic rings. The van der Waals surface area contributed by atoms with Gasteiger partial charge < -0.3 is 25.8 Å². The molecule has 0 aliphatic carbocycles. The number of nitrogens with zero attached hydrogens (tertiary/aromatic N) is 3. The highest BCUT2D eigenvalue weighted by atomic mass is 32.2. The third-order valence-corrected chi connectivity index (χ3v) is 5.97. The van der Waals surface area contributed by atoms with Gasteiger partial charge >= 0.3 is 10.3 Å². The van der Waals surface area contributed by atoms with Crippen LogP contribution in [-0.2, 0) is 19.2 Å². The molecule has 5 atom stereocenters. The molecule has 4 rings (SSSR count). The van der Waals surface area contributed by atoms with Gasteiger partial charge in [0.25, 0.3) is 5.91 Å². The monoisotopic (exact) mass is 481 g/mol. The Balaban J connectivity index is 1.42. The molecule has 0 bridgehead atoms. The lowest BCUT2D eigenvalue weighted by atomic mass is 10.2. The second-order valence-corrected chi connectivity index (χ2v) is 8.60. The number of aromatic hydroxyl groups is 1. The van der Waals surface area contributed by atoms with Crippen molar-refractivity contribution in [3.63, 3.8) is 0 Å². The van der Waals surface area contributed by atoms with Crippen molar-refractivity contribution in [2.45, 2.75) is 37.0 Å². The van der Waals surface area contributed by atoms with E-state index in [0.29, 0.717) is 17.9 Å². The molecule has 2 unspecified atom stereocenters. The van der Waals surface area contributed by atoms with Crippen molar-refractivity contribution in [2.24, 2.45) is 10.7 Å². The number of benzene rings is 1. The van der Waals surface area contributed by atoms with E-state index in [1.54, 1.807) is 10.9 Å². The van der Waals surface area contributed by atoms with E-state index in [2.05, 4.69) is 9.98 Å². The smallest absolute Gasteiger partial charge is 0.362 e. The van der Waals surface area contributed by atoms with Crippen LogP contribution in [0.4, 0.5) is 5.82 Å². The number of carbonyl (C=O) groups excluding carboxylic acids is 1. The first-order chi connectivity index (χ1) is 15.2. The highest BCUT2D eigenvalue weighted by Gasteiger charge is 2.45. The number of phenolic OH excluding ortho intramolecular Hbond substituents is 1. The molecule has 1 aromatic carbocycles. The third kappa shape index (κ3) is 4.23. The zero-order valence-electron chi connectivity index (χ0n) is 16.5. The molecule has 0 saturated carbocycles. The van der Waals surface area contributed by atoms with Crippen molar-refractivity contribution >= 4 is 28.2 Å². The number of rotatable bonds is 6. The molecule has 1 fully saturated rings. The SMILES string of the molecule is [15NH2][13CH]1C[13CH]=[15N][13c]2[13c]1[15n][13cH][15n]2[13C@@H]1O[13CH]([13CH2]OS(=O)(=O)NC(=O)c2ccccc2O)[13C@@H](O)[13C@H]1O. The van der Waals surface area contributed by atoms with Gasteiger partial charge in [-0.05, 0) is 12.1 Å². The number of aliphatic hydroxyl groups excluding tert-OH is 2. The molecule has 6 N–H and O–H groups in total. The Hall–Kier alpha value is -2.88. The van der Waals surface area contributed by atoms with Gasteiger partial charge in [-0.25, -0.2) is 14.7 Å². The Morgan fingerprint density at radius 3 is 2.81 bits per heavy atom. The summed E-state index contributed by atoms with van der Waals surface area (Å²) in [6, 6.07) is 4.99. The van der Waals surface area contributed by atoms with Crippen LogP contribution in [0, 0.1) is 0 Å². The molecule has 2 aromatic rings. The quantitative estimate of drug-likeness (QED) is 0.252. The van der Waals surface area contributed by atoms with Crippen molar-refractivity contribution in [1.29, 1.82) is 0 Å². The van der Waals surface area contributed by atoms with E-state index in [1.807, 2.05) is 0 Å². The maximum Gasteiger partial charge on any atom is 0.362 e. The summed E-state index contributed by atoms with van der Waals surface area (Å²) in [7, 11) is -4.61. The van der Waals surface area contributed by atoms with Gasteiger partial charge in [0.05, 0.1) is 24.5 Å². The molecule has 2 aliphatic heterocycles. The zero-order valence-corrected chi connectivity index (χ0v) is 17.3. The molecule has 0 radical (unpaired) electrons. The standard InChI is InChI=1S/C18H21N5O8S/c19-10-5-6-20-16-13(10)21-8-23(16)18-15(26)14(25)12(31-18)7-30-32(28,29)22-17(27)9-3-1-2-4-11(9)24/h1-4,6,8,10,12,14-15,18,24-26H,5,7,19H2,(H,22,27)/t10?,12?,14-,15-,18-/m1/s1/i6+1,7+1,8+1,10+1,12+1,13+1,14+1,15+1,16+1,18+1,19+1,20+1,21+1,23+1. The zero-order chi connectivity index (χ0) is 23.0. The lowest BCUT2D eigenvalue weighted by Crippen LogP contribution is -2.37. The highest BCUT2D eigenvalue weighted by Crippen LogP contribution is 2.37. The summed E-state index contributed by atoms with van der Waals surface area (Å²) >= 11 is 0. The predicted octanol–water partition coefficient (Wildman–Crippen LogP) is -0.995. The molecule has 1 amide bonds. The number of carbonyl (C=O) groups is 1. The van der Waals surface area contributed by atoms with Crippen LogP contribution in [0.15, 0.2) is 35.6 Å². The summed E-state index contributed by atoms with van der Waals surface area (Å²) in [5.41, 5.74) is 6.22. The molecule has 14 heteroatoms. The number of imidazole rings is 1. The van der Waals surface area contributed by atoms with Crippen molar-refractivity contribution < 1.29 is 37.5 Å². The van der Waals surface area contributed by atoms with Crippen molar-refractivity contribution in [3.05, 3.63) is 41.9 Å². The molecule has 1 aromatic heterocycles. The number of aliphatic imine (C=N–C) groups is 1. The van der Waals surface area contributed by atoms with Gasteiger partial charge in [0.2, 0.25) is 0 Å². The fourth-order valence-electron chi connectivity index (χ4n) is 3.43. The first-order valence-corrected chi connectivity index (χ1v) is 10.9. The summed E-state index contributed by atoms with van der Waals surface area (Å²) in [6.07, 6.45) is -1.83. The van der Waals surface area contributed by atoms with Crippen LogP contribution in [0.25, 0.3) is 0 Å². The van der Waals surface area contributed by atoms with Crippen LogP contribution in [0.1, 0.15) is 34.7 Å². The number of para-hydroxylation sites is 1. The van der Waals surface area contributed by atoms with E-state index < -0.39 is 53.1 Å². The molecule has 32 heavy (non-hydrogen) atoms. The number of fused-ring (bicyclic) bond motifs is 1. The number of ether oxygens (including phenoxy) is 1. The molecule has 0 spiro atoms. The Bertz CT molecular complexity index is 1150. The van der Waals surface area contributed by atoms with E-state index in [1.165, 1.54) is 35.2 Å². The summed E-state index contributed by atoms with van der Waals surface area (Å²) in [6.45, 7) is -0.697. The van der Waals surface area contributed by atoms with Crippen LogP contribution in [-0.4, -0.2) is 70.3 Å². The van der Waals surface area contributed by atoms with Crippen LogP contribution < -0.4 is 10.5 Å². The summed E-state index contributed by atoms with van der Waals surface area (Å²) in [5, 5.41) is 30.4. The fourth-order valence-corrected chi connectivity index (χ4v) is 4.14. The second-order valence-electron chi connectivity index (χ2n) is 7.25. The van der Waals surface area contributed by atoms with E-state index in [4.69, 9.17) is 14.7 Å². The average Bonchev–Trinajstić information content (AvgIpc) is 3.29. The van der Waals surface area contributed by atoms with Crippen LogP contribution in [0.2, 0.25) is 0 Å². The number of amides is 1. The van der Waals surface area contributed by atoms with E-state index in [-0.39, 0.29) is 11.6 Å². The molecule has 172 valence electrons. The van der Waals surface area contributed by atoms with Gasteiger partial charge in [-0.2, -0.15) is 8.42 Å². The second kappa shape index (κ2) is 8.57. The Labute approximate surface area is 182 Å². The Kier molecular flexibility index (Phi) is 5.98. The minimum atomic E-state index is -4.61. The highest BCUT2D eigenvalue weighted by molar-refractivity contribution is 7.85. The maximum absolute atomic E-state index is 12.1. The molecule has 1 saturated heterocycles. The topological polar surface area (TPSA) is 199 Å². The first kappa shape index (κ1) is 22.3. The molecular weight excluding hydrogens is 460 g/mol. The number of nitrogens with one attached hydrogen (secondary N) is 1.